The number of aromatic amines is 2. The van der Waals surface area contributed by atoms with Crippen LogP contribution in [0.1, 0.15) is 18.2 Å². The smallest absolute Gasteiger partial charge is 0.363 e. The molecule has 20 heavy (non-hydrogen) atoms. The van der Waals surface area contributed by atoms with Crippen molar-refractivity contribution in [1.82, 2.24) is 9.97 Å². The van der Waals surface area contributed by atoms with Gasteiger partial charge in [0.1, 0.15) is 23.3 Å². The molecule has 11 heteroatoms. The highest BCUT2D eigenvalue weighted by atomic mass is 35.5. The van der Waals surface area contributed by atoms with Crippen LogP contribution in [0.4, 0.5) is 0 Å². The van der Waals surface area contributed by atoms with Gasteiger partial charge in [0, 0.05) is 6.42 Å². The van der Waals surface area contributed by atoms with Crippen LogP contribution in [-0.4, -0.2) is 33.7 Å². The normalized spacial score (nSPS) is 36.8. The van der Waals surface area contributed by atoms with Crippen molar-refractivity contribution in [3.05, 3.63) is 31.6 Å². The number of nitrogens with one attached hydrogen (secondary N) is 2. The van der Waals surface area contributed by atoms with Crippen molar-refractivity contribution in [2.24, 2.45) is 0 Å². The van der Waals surface area contributed by atoms with Crippen molar-refractivity contribution in [1.29, 1.82) is 0 Å². The largest absolute Gasteiger partial charge is 0.472 e. The second kappa shape index (κ2) is 4.80. The third-order valence-electron chi connectivity index (χ3n) is 3.10. The van der Waals surface area contributed by atoms with Gasteiger partial charge in [0.25, 0.3) is 5.56 Å². The Bertz CT molecular complexity index is 700. The zero-order valence-electron chi connectivity index (χ0n) is 9.87. The number of H-pyrrole nitrogens is 2. The second-order valence-corrected chi connectivity index (χ2v) is 6.23. The van der Waals surface area contributed by atoms with Gasteiger partial charge in [-0.25, -0.2) is 9.36 Å². The maximum Gasteiger partial charge on any atom is 0.472 e. The lowest BCUT2D eigenvalue weighted by atomic mass is 10.1. The number of hydrogen-bond donors (Lipinski definition) is 3. The predicted octanol–water partition coefficient (Wildman–Crippen LogP) is 0.0624. The Labute approximate surface area is 116 Å². The summed E-state index contributed by atoms with van der Waals surface area (Å²) in [7, 11) is -4.06. The standard InChI is InChI=1S/C9H10ClN2O7P/c10-6-7(11-9(14)12-8(6)13)4-1-3-5(18-4)2-17-20(15,16)19-3/h3-5H,1-2H2,(H,15,16)(H2,11,12,13,14)/t3?,4-,5?/m1/s1. The summed E-state index contributed by atoms with van der Waals surface area (Å²) in [4.78, 5) is 36.3. The highest BCUT2D eigenvalue weighted by molar-refractivity contribution is 7.47. The van der Waals surface area contributed by atoms with Crippen molar-refractivity contribution in [3.8, 4) is 0 Å². The molecular formula is C9H10ClN2O7P. The van der Waals surface area contributed by atoms with Gasteiger partial charge in [0.2, 0.25) is 0 Å². The predicted molar refractivity (Wildman–Crippen MR) is 65.6 cm³/mol. The van der Waals surface area contributed by atoms with Crippen molar-refractivity contribution in [3.63, 3.8) is 0 Å². The average Bonchev–Trinajstić information content (AvgIpc) is 2.74. The molecule has 2 fully saturated rings. The summed E-state index contributed by atoms with van der Waals surface area (Å²) < 4.78 is 26.4. The summed E-state index contributed by atoms with van der Waals surface area (Å²) >= 11 is 5.83. The van der Waals surface area contributed by atoms with Crippen LogP contribution in [0, 0.1) is 0 Å². The van der Waals surface area contributed by atoms with E-state index in [1.807, 2.05) is 4.98 Å². The summed E-state index contributed by atoms with van der Waals surface area (Å²) in [5, 5.41) is -0.193. The molecule has 0 aliphatic carbocycles. The van der Waals surface area contributed by atoms with Crippen LogP contribution < -0.4 is 11.2 Å². The number of halogens is 1. The highest BCUT2D eigenvalue weighted by Gasteiger charge is 2.46. The molecule has 3 heterocycles. The van der Waals surface area contributed by atoms with Crippen LogP contribution in [0.15, 0.2) is 9.59 Å². The lowest BCUT2D eigenvalue weighted by Gasteiger charge is -2.26. The lowest BCUT2D eigenvalue weighted by molar-refractivity contribution is -0.0534. The van der Waals surface area contributed by atoms with Crippen LogP contribution in [0.25, 0.3) is 0 Å². The molecule has 9 nitrogen and oxygen atoms in total. The van der Waals surface area contributed by atoms with E-state index < -0.39 is 37.4 Å². The molecule has 4 atom stereocenters. The molecular weight excluding hydrogens is 315 g/mol. The van der Waals surface area contributed by atoms with Gasteiger partial charge in [-0.15, -0.1) is 0 Å². The molecule has 3 rings (SSSR count). The Kier molecular flexibility index (Phi) is 3.36. The van der Waals surface area contributed by atoms with Gasteiger partial charge in [0.05, 0.1) is 12.3 Å². The fraction of sp³-hybridized carbons (Fsp3) is 0.556. The first-order valence-electron chi connectivity index (χ1n) is 5.69. The van der Waals surface area contributed by atoms with Crippen molar-refractivity contribution in [2.45, 2.75) is 24.7 Å². The molecule has 0 radical (unpaired) electrons. The first kappa shape index (κ1) is 14.0. The summed E-state index contributed by atoms with van der Waals surface area (Å²) in [6, 6.07) is 0. The molecule has 2 aliphatic heterocycles. The molecule has 1 aromatic heterocycles. The minimum absolute atomic E-state index is 0.111. The van der Waals surface area contributed by atoms with E-state index >= 15 is 0 Å². The molecule has 2 aliphatic rings. The van der Waals surface area contributed by atoms with E-state index in [2.05, 4.69) is 9.51 Å². The van der Waals surface area contributed by atoms with Gasteiger partial charge in [-0.05, 0) is 0 Å². The Hall–Kier alpha value is -0.960. The fourth-order valence-electron chi connectivity index (χ4n) is 2.24. The Morgan fingerprint density at radius 3 is 2.80 bits per heavy atom. The monoisotopic (exact) mass is 324 g/mol. The van der Waals surface area contributed by atoms with Crippen molar-refractivity contribution in [2.75, 3.05) is 6.61 Å². The number of ether oxygens (including phenoxy) is 1. The molecule has 3 N–H and O–H groups in total. The molecule has 0 amide bonds. The maximum absolute atomic E-state index is 11.4. The van der Waals surface area contributed by atoms with E-state index in [9.17, 15) is 19.0 Å². The van der Waals surface area contributed by atoms with Gasteiger partial charge in [0.15, 0.2) is 0 Å². The van der Waals surface area contributed by atoms with Gasteiger partial charge >= 0.3 is 13.5 Å². The van der Waals surface area contributed by atoms with Crippen molar-refractivity contribution < 1.29 is 23.2 Å². The number of aromatic nitrogens is 2. The SMILES string of the molecule is O=c1[nH]c([C@H]2CC3OP(=O)(O)OCC3O2)c(Cl)c(=O)[nH]1. The molecule has 3 unspecified atom stereocenters. The molecule has 0 saturated carbocycles. The minimum Gasteiger partial charge on any atom is -0.363 e. The van der Waals surface area contributed by atoms with E-state index in [0.29, 0.717) is 0 Å². The van der Waals surface area contributed by atoms with Crippen LogP contribution >= 0.6 is 19.4 Å². The van der Waals surface area contributed by atoms with Crippen molar-refractivity contribution >= 4 is 19.4 Å². The summed E-state index contributed by atoms with van der Waals surface area (Å²) in [5.41, 5.74) is -1.32. The fourth-order valence-corrected chi connectivity index (χ4v) is 3.42. The minimum atomic E-state index is -4.06. The quantitative estimate of drug-likeness (QED) is 0.622. The van der Waals surface area contributed by atoms with Gasteiger partial charge in [-0.1, -0.05) is 11.6 Å². The molecule has 0 bridgehead atoms. The molecule has 0 spiro atoms. The number of phosphoric acid groups is 1. The Morgan fingerprint density at radius 1 is 1.30 bits per heavy atom. The zero-order valence-corrected chi connectivity index (χ0v) is 11.5. The first-order valence-corrected chi connectivity index (χ1v) is 7.56. The van der Waals surface area contributed by atoms with Crippen LogP contribution in [0.2, 0.25) is 5.02 Å². The second-order valence-electron chi connectivity index (χ2n) is 4.44. The van der Waals surface area contributed by atoms with Gasteiger partial charge in [-0.2, -0.15) is 0 Å². The lowest BCUT2D eigenvalue weighted by Crippen LogP contribution is -2.32. The zero-order chi connectivity index (χ0) is 14.5. The average molecular weight is 325 g/mol. The maximum atomic E-state index is 11.4. The third-order valence-corrected chi connectivity index (χ3v) is 4.49. The van der Waals surface area contributed by atoms with Gasteiger partial charge in [-0.3, -0.25) is 18.8 Å². The van der Waals surface area contributed by atoms with E-state index in [4.69, 9.17) is 20.9 Å². The molecule has 0 aromatic carbocycles. The van der Waals surface area contributed by atoms with Crippen LogP contribution in [-0.2, 0) is 18.3 Å². The first-order chi connectivity index (χ1) is 9.35. The Morgan fingerprint density at radius 2 is 2.05 bits per heavy atom. The van der Waals surface area contributed by atoms with Crippen LogP contribution in [0.3, 0.4) is 0 Å². The number of fused-ring (bicyclic) bond motifs is 1. The summed E-state index contributed by atoms with van der Waals surface area (Å²) in [5.74, 6) is 0. The van der Waals surface area contributed by atoms with Crippen LogP contribution in [0.5, 0.6) is 0 Å². The summed E-state index contributed by atoms with van der Waals surface area (Å²) in [6.45, 7) is -0.111. The third kappa shape index (κ3) is 2.48. The summed E-state index contributed by atoms with van der Waals surface area (Å²) in [6.07, 6.45) is -1.76. The Balaban J connectivity index is 1.90. The molecule has 2 saturated heterocycles. The number of hydrogen-bond acceptors (Lipinski definition) is 6. The molecule has 110 valence electrons. The number of phosphoric ester groups is 1. The van der Waals surface area contributed by atoms with E-state index in [-0.39, 0.29) is 23.7 Å². The topological polar surface area (TPSA) is 131 Å². The molecule has 1 aromatic rings. The van der Waals surface area contributed by atoms with Gasteiger partial charge < -0.3 is 14.6 Å². The number of rotatable bonds is 1. The van der Waals surface area contributed by atoms with E-state index in [0.717, 1.165) is 0 Å². The van der Waals surface area contributed by atoms with E-state index in [1.165, 1.54) is 0 Å². The highest BCUT2D eigenvalue weighted by Crippen LogP contribution is 2.53. The van der Waals surface area contributed by atoms with E-state index in [1.54, 1.807) is 0 Å².